The monoisotopic (exact) mass is 582 g/mol. The van der Waals surface area contributed by atoms with E-state index in [9.17, 15) is 0 Å². The number of nitrogens with two attached hydrogens (primary N) is 1. The molecule has 0 aliphatic rings. The first-order valence-corrected chi connectivity index (χ1v) is 17.8. The Hall–Kier alpha value is -1.86. The van der Waals surface area contributed by atoms with E-state index in [0.717, 1.165) is 64.3 Å². The molecular formula is C41H75N. The Kier molecular flexibility index (Phi) is 34.0. The Morgan fingerprint density at radius 1 is 0.762 bits per heavy atom. The van der Waals surface area contributed by atoms with Gasteiger partial charge in [0.15, 0.2) is 0 Å². The van der Waals surface area contributed by atoms with Crippen LogP contribution in [-0.2, 0) is 0 Å². The fourth-order valence-electron chi connectivity index (χ4n) is 4.78. The molecule has 42 heavy (non-hydrogen) atoms. The molecule has 0 heterocycles. The maximum Gasteiger partial charge on any atom is -0.00746 e. The molecule has 0 spiro atoms. The maximum absolute atomic E-state index is 5.90. The quantitative estimate of drug-likeness (QED) is 0.142. The normalized spacial score (nSPS) is 14.4. The first-order valence-electron chi connectivity index (χ1n) is 17.8. The average molecular weight is 582 g/mol. The van der Waals surface area contributed by atoms with E-state index < -0.39 is 0 Å². The van der Waals surface area contributed by atoms with Crippen molar-refractivity contribution in [2.75, 3.05) is 6.54 Å². The van der Waals surface area contributed by atoms with Crippen LogP contribution in [0.4, 0.5) is 0 Å². The second-order valence-electron chi connectivity index (χ2n) is 11.1. The number of hydrogen-bond donors (Lipinski definition) is 1. The molecule has 0 saturated heterocycles. The van der Waals surface area contributed by atoms with Gasteiger partial charge in [0.2, 0.25) is 0 Å². The van der Waals surface area contributed by atoms with Crippen molar-refractivity contribution in [2.45, 2.75) is 167 Å². The van der Waals surface area contributed by atoms with Gasteiger partial charge in [-0.05, 0) is 104 Å². The van der Waals surface area contributed by atoms with E-state index in [1.807, 2.05) is 13.8 Å². The van der Waals surface area contributed by atoms with Crippen LogP contribution in [0.25, 0.3) is 0 Å². The van der Waals surface area contributed by atoms with Gasteiger partial charge in [-0.25, -0.2) is 0 Å². The van der Waals surface area contributed by atoms with Gasteiger partial charge in [-0.2, -0.15) is 0 Å². The van der Waals surface area contributed by atoms with Crippen molar-refractivity contribution in [3.8, 4) is 0 Å². The van der Waals surface area contributed by atoms with Crippen molar-refractivity contribution in [1.82, 2.24) is 0 Å². The summed E-state index contributed by atoms with van der Waals surface area (Å²) in [5, 5.41) is 0. The number of unbranched alkanes of at least 4 members (excludes halogenated alkanes) is 2. The molecule has 2 N–H and O–H groups in total. The smallest absolute Gasteiger partial charge is 0.00746 e. The summed E-state index contributed by atoms with van der Waals surface area (Å²) in [5.41, 5.74) is 15.8. The molecule has 0 aliphatic heterocycles. The Bertz CT molecular complexity index is 838. The molecular weight excluding hydrogens is 506 g/mol. The first kappa shape index (κ1) is 44.6. The number of rotatable bonds is 20. The average Bonchev–Trinajstić information content (AvgIpc) is 3.00. The third-order valence-corrected chi connectivity index (χ3v) is 7.34. The van der Waals surface area contributed by atoms with Gasteiger partial charge in [0.1, 0.15) is 0 Å². The van der Waals surface area contributed by atoms with E-state index in [1.54, 1.807) is 0 Å². The summed E-state index contributed by atoms with van der Waals surface area (Å²) in [6.07, 6.45) is 28.9. The third kappa shape index (κ3) is 20.9. The molecule has 244 valence electrons. The van der Waals surface area contributed by atoms with E-state index >= 15 is 0 Å². The van der Waals surface area contributed by atoms with Gasteiger partial charge < -0.3 is 5.73 Å². The van der Waals surface area contributed by atoms with Crippen molar-refractivity contribution >= 4 is 0 Å². The highest BCUT2D eigenvalue weighted by Gasteiger charge is 2.12. The molecule has 0 aliphatic carbocycles. The Labute approximate surface area is 266 Å². The molecule has 1 nitrogen and oxygen atoms in total. The Morgan fingerprint density at radius 3 is 1.81 bits per heavy atom. The summed E-state index contributed by atoms with van der Waals surface area (Å²) < 4.78 is 0. The molecule has 0 radical (unpaired) electrons. The summed E-state index contributed by atoms with van der Waals surface area (Å²) in [6, 6.07) is 0. The van der Waals surface area contributed by atoms with Crippen molar-refractivity contribution in [2.24, 2.45) is 11.7 Å². The molecule has 0 aromatic heterocycles. The molecule has 0 rings (SSSR count). The van der Waals surface area contributed by atoms with Crippen LogP contribution in [0.3, 0.4) is 0 Å². The minimum Gasteiger partial charge on any atom is -0.330 e. The van der Waals surface area contributed by atoms with E-state index in [2.05, 4.69) is 112 Å². The van der Waals surface area contributed by atoms with Crippen molar-refractivity contribution in [3.63, 3.8) is 0 Å². The topological polar surface area (TPSA) is 26.0 Å². The van der Waals surface area contributed by atoms with Crippen molar-refractivity contribution in [3.05, 3.63) is 82.0 Å². The third-order valence-electron chi connectivity index (χ3n) is 7.34. The molecule has 1 unspecified atom stereocenters. The SMILES string of the molecule is C=CC(/C(/C=C/CCC)=C/C(CC(C)CCN)=C(\C)CCC)=C(\C=C(CC)\C(=C\CC)CCC)CC.CC.CCCC. The molecule has 0 amide bonds. The zero-order chi connectivity index (χ0) is 32.8. The van der Waals surface area contributed by atoms with Crippen LogP contribution >= 0.6 is 0 Å². The van der Waals surface area contributed by atoms with Crippen LogP contribution in [0.5, 0.6) is 0 Å². The van der Waals surface area contributed by atoms with Crippen molar-refractivity contribution in [1.29, 1.82) is 0 Å². The van der Waals surface area contributed by atoms with Crippen LogP contribution in [0.2, 0.25) is 0 Å². The summed E-state index contributed by atoms with van der Waals surface area (Å²) in [4.78, 5) is 0. The summed E-state index contributed by atoms with van der Waals surface area (Å²) >= 11 is 0. The van der Waals surface area contributed by atoms with Gasteiger partial charge in [-0.1, -0.05) is 157 Å². The minimum atomic E-state index is 0.582. The van der Waals surface area contributed by atoms with E-state index in [1.165, 1.54) is 64.7 Å². The van der Waals surface area contributed by atoms with E-state index in [-0.39, 0.29) is 0 Å². The van der Waals surface area contributed by atoms with E-state index in [0.29, 0.717) is 5.92 Å². The molecule has 0 aromatic rings. The minimum absolute atomic E-state index is 0.582. The highest BCUT2D eigenvalue weighted by atomic mass is 14.5. The zero-order valence-electron chi connectivity index (χ0n) is 30.7. The summed E-state index contributed by atoms with van der Waals surface area (Å²) in [5.74, 6) is 0.582. The standard InChI is InChI=1S/C35H59N.C4H10.C2H6/c1-10-17-18-22-33(27-34(29(9)19-11-2)25-28(8)23-24-36)35(16-7)31(15-6)26-30(14-5)32(20-12-3)21-13-4;1-3-4-2;1-2/h16,18,20,22,26-28H,7,10-15,17,19,21,23-25,36H2,1-6,8-9H3;3-4H2,1-2H3;1-2H3/b22-18+,30-26+,32-20+,33-27+,34-29+,35-31+;;. The highest BCUT2D eigenvalue weighted by molar-refractivity contribution is 5.55. The van der Waals surface area contributed by atoms with Crippen LogP contribution < -0.4 is 5.73 Å². The van der Waals surface area contributed by atoms with Crippen LogP contribution in [0, 0.1) is 5.92 Å². The second-order valence-corrected chi connectivity index (χ2v) is 11.1. The van der Waals surface area contributed by atoms with Crippen molar-refractivity contribution < 1.29 is 0 Å². The highest BCUT2D eigenvalue weighted by Crippen LogP contribution is 2.30. The maximum atomic E-state index is 5.90. The predicted octanol–water partition coefficient (Wildman–Crippen LogP) is 14.0. The molecule has 1 atom stereocenters. The molecule has 1 heteroatoms. The fourth-order valence-corrected chi connectivity index (χ4v) is 4.78. The zero-order valence-corrected chi connectivity index (χ0v) is 30.7. The van der Waals surface area contributed by atoms with Gasteiger partial charge in [0, 0.05) is 0 Å². The van der Waals surface area contributed by atoms with Gasteiger partial charge in [-0.3, -0.25) is 0 Å². The molecule has 0 fully saturated rings. The predicted molar refractivity (Wildman–Crippen MR) is 198 cm³/mol. The van der Waals surface area contributed by atoms with E-state index in [4.69, 9.17) is 5.73 Å². The van der Waals surface area contributed by atoms with Gasteiger partial charge in [-0.15, -0.1) is 0 Å². The number of allylic oxidation sites excluding steroid dienone is 13. The van der Waals surface area contributed by atoms with Gasteiger partial charge >= 0.3 is 0 Å². The van der Waals surface area contributed by atoms with Crippen LogP contribution in [0.1, 0.15) is 167 Å². The lowest BCUT2D eigenvalue weighted by Gasteiger charge is -2.18. The molecule has 0 saturated carbocycles. The fraction of sp³-hybridized carbons (Fsp3) is 0.659. The lowest BCUT2D eigenvalue weighted by Crippen LogP contribution is -2.07. The Balaban J connectivity index is -0.00000232. The second kappa shape index (κ2) is 32.1. The summed E-state index contributed by atoms with van der Waals surface area (Å²) in [7, 11) is 0. The molecule has 0 bridgehead atoms. The Morgan fingerprint density at radius 2 is 1.38 bits per heavy atom. The van der Waals surface area contributed by atoms with Gasteiger partial charge in [0.25, 0.3) is 0 Å². The lowest BCUT2D eigenvalue weighted by atomic mass is 9.88. The van der Waals surface area contributed by atoms with Gasteiger partial charge in [0.05, 0.1) is 0 Å². The lowest BCUT2D eigenvalue weighted by molar-refractivity contribution is 0.537. The first-order chi connectivity index (χ1) is 20.3. The summed E-state index contributed by atoms with van der Waals surface area (Å²) in [6.45, 7) is 31.7. The number of hydrogen-bond acceptors (Lipinski definition) is 1. The van der Waals surface area contributed by atoms with Crippen LogP contribution in [0.15, 0.2) is 82.0 Å². The molecule has 0 aromatic carbocycles. The largest absolute Gasteiger partial charge is 0.330 e. The van der Waals surface area contributed by atoms with Crippen LogP contribution in [-0.4, -0.2) is 6.54 Å².